The third-order valence-corrected chi connectivity index (χ3v) is 10.6. The lowest BCUT2D eigenvalue weighted by Crippen LogP contribution is -2.60. The number of aromatic hydroxyl groups is 1. The van der Waals surface area contributed by atoms with Crippen LogP contribution in [0.25, 0.3) is 0 Å². The van der Waals surface area contributed by atoms with E-state index in [9.17, 15) is 41.8 Å². The molecule has 0 radical (unpaired) electrons. The number of imide groups is 2. The number of carbonyl (C=O) groups excluding carboxylic acids is 4. The van der Waals surface area contributed by atoms with Crippen LogP contribution in [-0.2, 0) is 19.2 Å². The number of fused-ring (bicyclic) bond motifs is 4. The van der Waals surface area contributed by atoms with Crippen LogP contribution in [0, 0.1) is 52.7 Å². The van der Waals surface area contributed by atoms with Gasteiger partial charge < -0.3 is 5.11 Å². The Kier molecular flexibility index (Phi) is 6.78. The standard InChI is InChI=1S/C30H22Cl2F6N2O5/c1-28(2,3)40-24(42)12-6-5-11-13(16(12)25(40)43)9-29(31)26(44)39(23-21(37)19(35)18(34)20(36)22(23)38)27(45)30(29,32)17(11)10-4-7-15(41)14(33)8-10/h4-5,7-8,12-13,16-17,41H,6,9H2,1-3H3. The molecule has 0 bridgehead atoms. The highest BCUT2D eigenvalue weighted by molar-refractivity contribution is 6.58. The van der Waals surface area contributed by atoms with E-state index in [4.69, 9.17) is 23.2 Å². The van der Waals surface area contributed by atoms with Crippen molar-refractivity contribution in [3.8, 4) is 5.75 Å². The number of benzene rings is 2. The summed E-state index contributed by atoms with van der Waals surface area (Å²) in [6, 6.07) is 2.83. The van der Waals surface area contributed by atoms with E-state index in [-0.39, 0.29) is 22.5 Å². The van der Waals surface area contributed by atoms with Crippen LogP contribution in [-0.4, -0.2) is 48.9 Å². The zero-order chi connectivity index (χ0) is 33.3. The Morgan fingerprint density at radius 3 is 1.98 bits per heavy atom. The molecule has 7 nitrogen and oxygen atoms in total. The third kappa shape index (κ3) is 3.85. The first-order valence-corrected chi connectivity index (χ1v) is 14.4. The number of nitrogens with zero attached hydrogens (tertiary/aromatic N) is 2. The van der Waals surface area contributed by atoms with Crippen LogP contribution in [0.5, 0.6) is 5.75 Å². The Morgan fingerprint density at radius 2 is 1.42 bits per heavy atom. The van der Waals surface area contributed by atoms with E-state index in [2.05, 4.69) is 0 Å². The van der Waals surface area contributed by atoms with E-state index in [1.54, 1.807) is 20.8 Å². The second-order valence-corrected chi connectivity index (χ2v) is 13.8. The second kappa shape index (κ2) is 9.71. The van der Waals surface area contributed by atoms with Crippen LogP contribution in [0.4, 0.5) is 32.0 Å². The van der Waals surface area contributed by atoms with Gasteiger partial charge in [0.15, 0.2) is 44.6 Å². The van der Waals surface area contributed by atoms with Gasteiger partial charge in [-0.05, 0) is 57.2 Å². The molecule has 4 amide bonds. The molecule has 0 spiro atoms. The summed E-state index contributed by atoms with van der Waals surface area (Å²) in [7, 11) is 0. The van der Waals surface area contributed by atoms with Crippen molar-refractivity contribution >= 4 is 52.5 Å². The van der Waals surface area contributed by atoms with E-state index >= 15 is 8.78 Å². The van der Waals surface area contributed by atoms with Crippen LogP contribution in [0.1, 0.15) is 45.1 Å². The molecule has 1 saturated carbocycles. The Bertz CT molecular complexity index is 1770. The van der Waals surface area contributed by atoms with Crippen LogP contribution >= 0.6 is 23.2 Å². The molecule has 1 N–H and O–H groups in total. The number of rotatable bonds is 2. The number of amides is 4. The van der Waals surface area contributed by atoms with Gasteiger partial charge in [-0.2, -0.15) is 0 Å². The van der Waals surface area contributed by atoms with Gasteiger partial charge in [0.05, 0.1) is 11.8 Å². The zero-order valence-corrected chi connectivity index (χ0v) is 25.0. The van der Waals surface area contributed by atoms with E-state index in [1.807, 2.05) is 0 Å². The van der Waals surface area contributed by atoms with Crippen molar-refractivity contribution in [3.63, 3.8) is 0 Å². The van der Waals surface area contributed by atoms with Gasteiger partial charge in [-0.1, -0.05) is 17.7 Å². The molecule has 45 heavy (non-hydrogen) atoms. The smallest absolute Gasteiger partial charge is 0.258 e. The maximum atomic E-state index is 15.0. The van der Waals surface area contributed by atoms with Crippen LogP contribution < -0.4 is 4.90 Å². The fourth-order valence-corrected chi connectivity index (χ4v) is 8.24. The molecule has 2 heterocycles. The number of likely N-dealkylation sites (tertiary alicyclic amines) is 1. The minimum atomic E-state index is -2.78. The Labute approximate surface area is 261 Å². The average molecular weight is 675 g/mol. The van der Waals surface area contributed by atoms with Gasteiger partial charge in [-0.25, -0.2) is 31.2 Å². The molecule has 6 unspecified atom stereocenters. The molecule has 4 aliphatic rings. The number of halogens is 8. The molecule has 2 aromatic carbocycles. The summed E-state index contributed by atoms with van der Waals surface area (Å²) in [5.74, 6) is -23.7. The highest BCUT2D eigenvalue weighted by Gasteiger charge is 2.77. The normalized spacial score (nSPS) is 31.3. The molecule has 2 aliphatic heterocycles. The van der Waals surface area contributed by atoms with Crippen molar-refractivity contribution in [1.82, 2.24) is 4.90 Å². The molecule has 6 atom stereocenters. The van der Waals surface area contributed by atoms with E-state index in [0.29, 0.717) is 0 Å². The van der Waals surface area contributed by atoms with Gasteiger partial charge in [0.2, 0.25) is 17.6 Å². The first-order chi connectivity index (χ1) is 20.8. The van der Waals surface area contributed by atoms with E-state index in [0.717, 1.165) is 23.1 Å². The van der Waals surface area contributed by atoms with Gasteiger partial charge >= 0.3 is 0 Å². The van der Waals surface area contributed by atoms with Crippen molar-refractivity contribution in [1.29, 1.82) is 0 Å². The molecule has 15 heteroatoms. The Balaban J connectivity index is 1.60. The molecule has 6 rings (SSSR count). The monoisotopic (exact) mass is 674 g/mol. The van der Waals surface area contributed by atoms with Crippen molar-refractivity contribution in [2.24, 2.45) is 17.8 Å². The number of anilines is 1. The summed E-state index contributed by atoms with van der Waals surface area (Å²) in [4.78, 5) is 50.7. The summed E-state index contributed by atoms with van der Waals surface area (Å²) in [5.41, 5.74) is -2.86. The van der Waals surface area contributed by atoms with Crippen LogP contribution in [0.2, 0.25) is 0 Å². The molecule has 238 valence electrons. The van der Waals surface area contributed by atoms with Gasteiger partial charge in [-0.3, -0.25) is 24.1 Å². The molecule has 3 fully saturated rings. The number of phenolic OH excluding ortho intramolecular Hbond substituents is 1. The van der Waals surface area contributed by atoms with Crippen molar-refractivity contribution in [3.05, 3.63) is 70.3 Å². The molecule has 2 saturated heterocycles. The Hall–Kier alpha value is -3.58. The second-order valence-electron chi connectivity index (χ2n) is 12.6. The fraction of sp³-hybridized carbons (Fsp3) is 0.400. The topological polar surface area (TPSA) is 95.0 Å². The van der Waals surface area contributed by atoms with Gasteiger partial charge in [-0.15, -0.1) is 23.2 Å². The highest BCUT2D eigenvalue weighted by atomic mass is 35.5. The largest absolute Gasteiger partial charge is 0.505 e. The maximum absolute atomic E-state index is 15.0. The Morgan fingerprint density at radius 1 is 0.844 bits per heavy atom. The minimum Gasteiger partial charge on any atom is -0.505 e. The summed E-state index contributed by atoms with van der Waals surface area (Å²) >= 11 is 13.9. The third-order valence-electron chi connectivity index (χ3n) is 9.20. The van der Waals surface area contributed by atoms with Crippen LogP contribution in [0.3, 0.4) is 0 Å². The van der Waals surface area contributed by atoms with Gasteiger partial charge in [0, 0.05) is 11.5 Å². The fourth-order valence-electron chi connectivity index (χ4n) is 7.30. The summed E-state index contributed by atoms with van der Waals surface area (Å²) in [6.45, 7) is 4.89. The number of alkyl halides is 2. The molecule has 2 aliphatic carbocycles. The lowest BCUT2D eigenvalue weighted by atomic mass is 9.56. The van der Waals surface area contributed by atoms with Crippen LogP contribution in [0.15, 0.2) is 29.8 Å². The SMILES string of the molecule is CC(C)(C)N1C(=O)C2CC=C3C(CC4(Cl)C(=O)N(c5c(F)c(F)c(F)c(F)c5F)C(=O)C4(Cl)C3c3ccc(O)c(F)c3)C2C1=O. The van der Waals surface area contributed by atoms with E-state index < -0.39 is 115 Å². The predicted molar refractivity (Wildman–Crippen MR) is 146 cm³/mol. The maximum Gasteiger partial charge on any atom is 0.258 e. The number of hydrogen-bond acceptors (Lipinski definition) is 5. The van der Waals surface area contributed by atoms with Crippen molar-refractivity contribution in [2.75, 3.05) is 4.90 Å². The summed E-state index contributed by atoms with van der Waals surface area (Å²) in [6.07, 6.45) is 0.782. The molecular weight excluding hydrogens is 653 g/mol. The van der Waals surface area contributed by atoms with Gasteiger partial charge in [0.1, 0.15) is 5.69 Å². The number of carbonyl (C=O) groups is 4. The number of phenols is 1. The predicted octanol–water partition coefficient (Wildman–Crippen LogP) is 5.59. The quantitative estimate of drug-likeness (QED) is 0.112. The summed E-state index contributed by atoms with van der Waals surface area (Å²) in [5, 5.41) is 9.84. The lowest BCUT2D eigenvalue weighted by molar-refractivity contribution is -0.145. The molecular formula is C30H22Cl2F6N2O5. The van der Waals surface area contributed by atoms with E-state index in [1.165, 1.54) is 6.08 Å². The first-order valence-electron chi connectivity index (χ1n) is 13.6. The number of hydrogen-bond donors (Lipinski definition) is 1. The van der Waals surface area contributed by atoms with Crippen molar-refractivity contribution in [2.45, 2.75) is 54.8 Å². The zero-order valence-electron chi connectivity index (χ0n) is 23.5. The minimum absolute atomic E-state index is 0.0452. The van der Waals surface area contributed by atoms with Crippen molar-refractivity contribution < 1.29 is 50.6 Å². The summed E-state index contributed by atoms with van der Waals surface area (Å²) < 4.78 is 87.3. The molecule has 0 aromatic heterocycles. The number of allylic oxidation sites excluding steroid dienone is 2. The lowest BCUT2D eigenvalue weighted by Gasteiger charge is -2.50. The first kappa shape index (κ1) is 31.4. The highest BCUT2D eigenvalue weighted by Crippen LogP contribution is 2.66. The van der Waals surface area contributed by atoms with Gasteiger partial charge in [0.25, 0.3) is 11.8 Å². The average Bonchev–Trinajstić information content (AvgIpc) is 3.31. The molecule has 2 aromatic rings.